The van der Waals surface area contributed by atoms with Crippen LogP contribution in [0.15, 0.2) is 67.0 Å². The standard InChI is InChI=1S/C22H24N4O/c1-22(2,3)16-10-12-17(13-11-16)25-20-14-19(23-15-24-20)21(27)26(4)18-8-6-5-7-9-18/h5-15H,1-4H3,(H,23,24,25). The lowest BCUT2D eigenvalue weighted by Gasteiger charge is -2.19. The second-order valence-electron chi connectivity index (χ2n) is 7.44. The van der Waals surface area contributed by atoms with E-state index in [4.69, 9.17) is 0 Å². The van der Waals surface area contributed by atoms with Gasteiger partial charge in [0, 0.05) is 24.5 Å². The molecule has 1 N–H and O–H groups in total. The van der Waals surface area contributed by atoms with Gasteiger partial charge in [-0.1, -0.05) is 51.1 Å². The van der Waals surface area contributed by atoms with Crippen LogP contribution in [0.4, 0.5) is 17.2 Å². The molecule has 0 saturated carbocycles. The first-order valence-corrected chi connectivity index (χ1v) is 8.87. The van der Waals surface area contributed by atoms with E-state index in [1.165, 1.54) is 11.9 Å². The normalized spacial score (nSPS) is 11.1. The van der Waals surface area contributed by atoms with Gasteiger partial charge in [0.05, 0.1) is 0 Å². The Balaban J connectivity index is 1.76. The van der Waals surface area contributed by atoms with Crippen LogP contribution in [0.2, 0.25) is 0 Å². The Morgan fingerprint density at radius 2 is 1.63 bits per heavy atom. The van der Waals surface area contributed by atoms with E-state index >= 15 is 0 Å². The minimum absolute atomic E-state index is 0.106. The Labute approximate surface area is 160 Å². The highest BCUT2D eigenvalue weighted by Gasteiger charge is 2.16. The molecule has 1 aromatic heterocycles. The monoisotopic (exact) mass is 360 g/mol. The molecule has 0 unspecified atom stereocenters. The highest BCUT2D eigenvalue weighted by atomic mass is 16.2. The van der Waals surface area contributed by atoms with E-state index in [0.717, 1.165) is 11.4 Å². The summed E-state index contributed by atoms with van der Waals surface area (Å²) in [6, 6.07) is 19.4. The highest BCUT2D eigenvalue weighted by Crippen LogP contribution is 2.24. The summed E-state index contributed by atoms with van der Waals surface area (Å²) in [7, 11) is 1.73. The molecule has 1 heterocycles. The lowest BCUT2D eigenvalue weighted by Crippen LogP contribution is -2.27. The van der Waals surface area contributed by atoms with E-state index in [-0.39, 0.29) is 11.3 Å². The Hall–Kier alpha value is -3.21. The van der Waals surface area contributed by atoms with Gasteiger partial charge in [0.15, 0.2) is 0 Å². The maximum atomic E-state index is 12.7. The molecule has 0 radical (unpaired) electrons. The van der Waals surface area contributed by atoms with Crippen LogP contribution in [0.1, 0.15) is 36.8 Å². The molecule has 138 valence electrons. The number of nitrogens with one attached hydrogen (secondary N) is 1. The number of hydrogen-bond acceptors (Lipinski definition) is 4. The van der Waals surface area contributed by atoms with Crippen molar-refractivity contribution in [3.05, 3.63) is 78.2 Å². The van der Waals surface area contributed by atoms with Gasteiger partial charge in [0.2, 0.25) is 0 Å². The molecule has 0 atom stereocenters. The summed E-state index contributed by atoms with van der Waals surface area (Å²) in [5.74, 6) is 0.396. The summed E-state index contributed by atoms with van der Waals surface area (Å²) in [4.78, 5) is 22.6. The first kappa shape index (κ1) is 18.6. The van der Waals surface area contributed by atoms with Gasteiger partial charge in [-0.15, -0.1) is 0 Å². The van der Waals surface area contributed by atoms with E-state index < -0.39 is 0 Å². The van der Waals surface area contributed by atoms with Crippen molar-refractivity contribution in [1.29, 1.82) is 0 Å². The summed E-state index contributed by atoms with van der Waals surface area (Å²) < 4.78 is 0. The van der Waals surface area contributed by atoms with Gasteiger partial charge in [-0.2, -0.15) is 0 Å². The predicted octanol–water partition coefficient (Wildman–Crippen LogP) is 4.79. The fraction of sp³-hybridized carbons (Fsp3) is 0.227. The number of hydrogen-bond donors (Lipinski definition) is 1. The Morgan fingerprint density at radius 3 is 2.26 bits per heavy atom. The zero-order chi connectivity index (χ0) is 19.4. The molecular weight excluding hydrogens is 336 g/mol. The number of rotatable bonds is 4. The third kappa shape index (κ3) is 4.50. The van der Waals surface area contributed by atoms with Crippen molar-refractivity contribution in [2.24, 2.45) is 0 Å². The lowest BCUT2D eigenvalue weighted by atomic mass is 9.87. The molecule has 5 nitrogen and oxygen atoms in total. The van der Waals surface area contributed by atoms with Crippen LogP contribution in [0.5, 0.6) is 0 Å². The first-order chi connectivity index (χ1) is 12.8. The molecule has 0 saturated heterocycles. The lowest BCUT2D eigenvalue weighted by molar-refractivity contribution is 0.0988. The van der Waals surface area contributed by atoms with Crippen molar-refractivity contribution in [2.45, 2.75) is 26.2 Å². The van der Waals surface area contributed by atoms with Crippen LogP contribution in [-0.4, -0.2) is 22.9 Å². The van der Waals surface area contributed by atoms with Crippen molar-refractivity contribution in [1.82, 2.24) is 9.97 Å². The zero-order valence-electron chi connectivity index (χ0n) is 16.1. The number of carbonyl (C=O) groups is 1. The number of amides is 1. The summed E-state index contributed by atoms with van der Waals surface area (Å²) in [5.41, 5.74) is 3.43. The minimum Gasteiger partial charge on any atom is -0.340 e. The van der Waals surface area contributed by atoms with Crippen LogP contribution in [0, 0.1) is 0 Å². The van der Waals surface area contributed by atoms with Crippen LogP contribution in [0.25, 0.3) is 0 Å². The van der Waals surface area contributed by atoms with Crippen molar-refractivity contribution in [3.63, 3.8) is 0 Å². The molecule has 27 heavy (non-hydrogen) atoms. The van der Waals surface area contributed by atoms with Gasteiger partial charge >= 0.3 is 0 Å². The second-order valence-corrected chi connectivity index (χ2v) is 7.44. The average molecular weight is 360 g/mol. The molecule has 3 aromatic rings. The summed E-state index contributed by atoms with van der Waals surface area (Å²) in [5, 5.41) is 3.23. The van der Waals surface area contributed by atoms with Crippen LogP contribution in [-0.2, 0) is 5.41 Å². The van der Waals surface area contributed by atoms with Gasteiger partial charge in [0.1, 0.15) is 17.8 Å². The van der Waals surface area contributed by atoms with Crippen molar-refractivity contribution in [3.8, 4) is 0 Å². The topological polar surface area (TPSA) is 58.1 Å². The highest BCUT2D eigenvalue weighted by molar-refractivity contribution is 6.04. The maximum absolute atomic E-state index is 12.7. The van der Waals surface area contributed by atoms with Crippen molar-refractivity contribution < 1.29 is 4.79 Å². The van der Waals surface area contributed by atoms with E-state index in [9.17, 15) is 4.79 Å². The van der Waals surface area contributed by atoms with Gasteiger partial charge in [-0.3, -0.25) is 4.79 Å². The fourth-order valence-electron chi connectivity index (χ4n) is 2.68. The number of aromatic nitrogens is 2. The molecule has 0 bridgehead atoms. The molecular formula is C22H24N4O. The fourth-order valence-corrected chi connectivity index (χ4v) is 2.68. The first-order valence-electron chi connectivity index (χ1n) is 8.87. The maximum Gasteiger partial charge on any atom is 0.276 e. The minimum atomic E-state index is -0.185. The summed E-state index contributed by atoms with van der Waals surface area (Å²) >= 11 is 0. The molecule has 5 heteroatoms. The van der Waals surface area contributed by atoms with E-state index in [0.29, 0.717) is 11.5 Å². The number of carbonyl (C=O) groups excluding carboxylic acids is 1. The Morgan fingerprint density at radius 1 is 0.963 bits per heavy atom. The molecule has 0 aliphatic rings. The quantitative estimate of drug-likeness (QED) is 0.726. The molecule has 0 fully saturated rings. The van der Waals surface area contributed by atoms with E-state index in [2.05, 4.69) is 48.2 Å². The average Bonchev–Trinajstić information content (AvgIpc) is 2.67. The van der Waals surface area contributed by atoms with Gasteiger partial charge in [-0.05, 0) is 35.2 Å². The number of benzene rings is 2. The molecule has 2 aromatic carbocycles. The number of para-hydroxylation sites is 1. The number of anilines is 3. The largest absolute Gasteiger partial charge is 0.340 e. The number of nitrogens with zero attached hydrogens (tertiary/aromatic N) is 3. The molecule has 0 aliphatic heterocycles. The Kier molecular flexibility index (Phi) is 5.21. The smallest absolute Gasteiger partial charge is 0.276 e. The summed E-state index contributed by atoms with van der Waals surface area (Å²) in [6.45, 7) is 6.54. The van der Waals surface area contributed by atoms with Gasteiger partial charge < -0.3 is 10.2 Å². The molecule has 3 rings (SSSR count). The van der Waals surface area contributed by atoms with E-state index in [1.807, 2.05) is 42.5 Å². The Bertz CT molecular complexity index is 915. The predicted molar refractivity (Wildman–Crippen MR) is 110 cm³/mol. The third-order valence-corrected chi connectivity index (χ3v) is 4.36. The van der Waals surface area contributed by atoms with Crippen molar-refractivity contribution in [2.75, 3.05) is 17.3 Å². The van der Waals surface area contributed by atoms with Crippen LogP contribution in [0.3, 0.4) is 0 Å². The third-order valence-electron chi connectivity index (χ3n) is 4.36. The van der Waals surface area contributed by atoms with Crippen molar-refractivity contribution >= 4 is 23.1 Å². The van der Waals surface area contributed by atoms with E-state index in [1.54, 1.807) is 18.0 Å². The molecule has 0 spiro atoms. The second kappa shape index (κ2) is 7.58. The van der Waals surface area contributed by atoms with Crippen LogP contribution < -0.4 is 10.2 Å². The van der Waals surface area contributed by atoms with Gasteiger partial charge in [0.25, 0.3) is 5.91 Å². The SMILES string of the molecule is CN(C(=O)c1cc(Nc2ccc(C(C)(C)C)cc2)ncn1)c1ccccc1. The van der Waals surface area contributed by atoms with Gasteiger partial charge in [-0.25, -0.2) is 9.97 Å². The zero-order valence-corrected chi connectivity index (χ0v) is 16.1. The molecule has 0 aliphatic carbocycles. The molecule has 1 amide bonds. The summed E-state index contributed by atoms with van der Waals surface area (Å²) in [6.07, 6.45) is 1.40. The van der Waals surface area contributed by atoms with Crippen LogP contribution >= 0.6 is 0 Å².